The van der Waals surface area contributed by atoms with E-state index in [4.69, 9.17) is 9.47 Å². The van der Waals surface area contributed by atoms with Gasteiger partial charge >= 0.3 is 11.9 Å². The van der Waals surface area contributed by atoms with E-state index < -0.39 is 17.4 Å². The Morgan fingerprint density at radius 1 is 1.10 bits per heavy atom. The minimum Gasteiger partial charge on any atom is -0.465 e. The number of esters is 2. The number of hydrogen-bond donors (Lipinski definition) is 0. The van der Waals surface area contributed by atoms with E-state index in [0.717, 1.165) is 0 Å². The number of aromatic nitrogens is 1. The summed E-state index contributed by atoms with van der Waals surface area (Å²) >= 11 is 0. The summed E-state index contributed by atoms with van der Waals surface area (Å²) in [6.45, 7) is 5.65. The Bertz CT molecular complexity index is 426. The lowest BCUT2D eigenvalue weighted by molar-refractivity contribution is -0.172. The lowest BCUT2D eigenvalue weighted by Gasteiger charge is -2.27. The molecule has 0 radical (unpaired) electrons. The summed E-state index contributed by atoms with van der Waals surface area (Å²) in [6, 6.07) is 5.38. The number of ether oxygens (including phenoxy) is 2. The van der Waals surface area contributed by atoms with Crippen LogP contribution in [0.15, 0.2) is 24.4 Å². The van der Waals surface area contributed by atoms with Crippen molar-refractivity contribution in [3.63, 3.8) is 0 Å². The normalized spacial score (nSPS) is 10.9. The van der Waals surface area contributed by atoms with Crippen LogP contribution in [0.3, 0.4) is 0 Å². The van der Waals surface area contributed by atoms with E-state index in [1.165, 1.54) is 0 Å². The fourth-order valence-corrected chi connectivity index (χ4v) is 1.99. The van der Waals surface area contributed by atoms with Crippen molar-refractivity contribution in [2.24, 2.45) is 5.41 Å². The molecule has 0 aromatic carbocycles. The number of hydrogen-bond acceptors (Lipinski definition) is 5. The quantitative estimate of drug-likeness (QED) is 0.565. The van der Waals surface area contributed by atoms with Crippen molar-refractivity contribution < 1.29 is 19.1 Å². The Hall–Kier alpha value is -1.91. The topological polar surface area (TPSA) is 65.5 Å². The van der Waals surface area contributed by atoms with Crippen LogP contribution in [-0.2, 0) is 25.5 Å². The van der Waals surface area contributed by atoms with Crippen molar-refractivity contribution in [3.8, 4) is 0 Å². The van der Waals surface area contributed by atoms with Crippen molar-refractivity contribution in [2.75, 3.05) is 13.2 Å². The average Bonchev–Trinajstić information content (AvgIpc) is 2.46. The molecule has 0 aliphatic rings. The van der Waals surface area contributed by atoms with E-state index in [1.54, 1.807) is 39.1 Å². The van der Waals surface area contributed by atoms with E-state index in [1.807, 2.05) is 6.07 Å². The summed E-state index contributed by atoms with van der Waals surface area (Å²) in [4.78, 5) is 28.7. The molecule has 1 aromatic heterocycles. The fourth-order valence-electron chi connectivity index (χ4n) is 1.99. The molecule has 20 heavy (non-hydrogen) atoms. The first-order chi connectivity index (χ1) is 9.60. The number of rotatable bonds is 7. The SMILES string of the molecule is CCOC(=O)C(CC)(Cc1ccccn1)C(=O)OCC. The predicted molar refractivity (Wildman–Crippen MR) is 73.9 cm³/mol. The molecule has 0 amide bonds. The van der Waals surface area contributed by atoms with E-state index >= 15 is 0 Å². The molecule has 0 unspecified atom stereocenters. The van der Waals surface area contributed by atoms with Crippen molar-refractivity contribution in [1.82, 2.24) is 4.98 Å². The molecule has 0 saturated heterocycles. The van der Waals surface area contributed by atoms with Crippen LogP contribution in [0.2, 0.25) is 0 Å². The second kappa shape index (κ2) is 7.62. The molecule has 1 heterocycles. The summed E-state index contributed by atoms with van der Waals surface area (Å²) in [6.07, 6.45) is 2.12. The molecule has 110 valence electrons. The van der Waals surface area contributed by atoms with Crippen LogP contribution in [0.4, 0.5) is 0 Å². The Kier molecular flexibility index (Phi) is 6.15. The van der Waals surface area contributed by atoms with Gasteiger partial charge in [-0.1, -0.05) is 13.0 Å². The minimum absolute atomic E-state index is 0.183. The lowest BCUT2D eigenvalue weighted by atomic mass is 9.80. The van der Waals surface area contributed by atoms with Crippen molar-refractivity contribution in [2.45, 2.75) is 33.6 Å². The van der Waals surface area contributed by atoms with Crippen LogP contribution in [0.1, 0.15) is 32.9 Å². The lowest BCUT2D eigenvalue weighted by Crippen LogP contribution is -2.43. The van der Waals surface area contributed by atoms with Gasteiger partial charge in [-0.3, -0.25) is 14.6 Å². The summed E-state index contributed by atoms with van der Waals surface area (Å²) in [5.74, 6) is -1.10. The minimum atomic E-state index is -1.32. The smallest absolute Gasteiger partial charge is 0.323 e. The number of carbonyl (C=O) groups is 2. The molecule has 0 aliphatic carbocycles. The molecule has 5 nitrogen and oxygen atoms in total. The number of carbonyl (C=O) groups excluding carboxylic acids is 2. The highest BCUT2D eigenvalue weighted by atomic mass is 16.6. The molecule has 0 aliphatic heterocycles. The standard InChI is InChI=1S/C15H21NO4/c1-4-15(13(17)19-5-2,14(18)20-6-3)11-12-9-7-8-10-16-12/h7-10H,4-6,11H2,1-3H3. The summed E-state index contributed by atoms with van der Waals surface area (Å²) in [7, 11) is 0. The average molecular weight is 279 g/mol. The molecule has 0 saturated carbocycles. The van der Waals surface area contributed by atoms with Crippen molar-refractivity contribution in [3.05, 3.63) is 30.1 Å². The van der Waals surface area contributed by atoms with Gasteiger partial charge in [0.2, 0.25) is 0 Å². The van der Waals surface area contributed by atoms with Gasteiger partial charge in [-0.2, -0.15) is 0 Å². The van der Waals surface area contributed by atoms with Crippen LogP contribution in [0.5, 0.6) is 0 Å². The number of nitrogens with zero attached hydrogens (tertiary/aromatic N) is 1. The van der Waals surface area contributed by atoms with Crippen LogP contribution < -0.4 is 0 Å². The van der Waals surface area contributed by atoms with Gasteiger partial charge in [0.05, 0.1) is 13.2 Å². The summed E-state index contributed by atoms with van der Waals surface area (Å²) < 4.78 is 10.1. The number of pyridine rings is 1. The first-order valence-corrected chi connectivity index (χ1v) is 6.85. The van der Waals surface area contributed by atoms with E-state index in [-0.39, 0.29) is 19.6 Å². The molecule has 0 bridgehead atoms. The van der Waals surface area contributed by atoms with Crippen LogP contribution in [0.25, 0.3) is 0 Å². The molecular weight excluding hydrogens is 258 g/mol. The van der Waals surface area contributed by atoms with Gasteiger partial charge < -0.3 is 9.47 Å². The zero-order valence-corrected chi connectivity index (χ0v) is 12.2. The molecule has 5 heteroatoms. The second-order valence-corrected chi connectivity index (χ2v) is 4.37. The third kappa shape index (κ3) is 3.56. The molecule has 0 N–H and O–H groups in total. The van der Waals surface area contributed by atoms with Gasteiger partial charge in [0.1, 0.15) is 0 Å². The highest BCUT2D eigenvalue weighted by Crippen LogP contribution is 2.30. The Labute approximate surface area is 119 Å². The maximum absolute atomic E-state index is 12.3. The molecule has 0 atom stereocenters. The predicted octanol–water partition coefficient (Wildman–Crippen LogP) is 2.15. The van der Waals surface area contributed by atoms with Gasteiger partial charge in [-0.05, 0) is 32.4 Å². The van der Waals surface area contributed by atoms with Crippen LogP contribution in [-0.4, -0.2) is 30.1 Å². The highest BCUT2D eigenvalue weighted by Gasteiger charge is 2.47. The fraction of sp³-hybridized carbons (Fsp3) is 0.533. The van der Waals surface area contributed by atoms with Gasteiger partial charge in [-0.25, -0.2) is 0 Å². The van der Waals surface area contributed by atoms with Gasteiger partial charge in [0, 0.05) is 18.3 Å². The first-order valence-electron chi connectivity index (χ1n) is 6.85. The molecule has 1 aromatic rings. The second-order valence-electron chi connectivity index (χ2n) is 4.37. The first kappa shape index (κ1) is 16.1. The Balaban J connectivity index is 3.10. The van der Waals surface area contributed by atoms with E-state index in [9.17, 15) is 9.59 Å². The highest BCUT2D eigenvalue weighted by molar-refractivity contribution is 6.00. The zero-order chi connectivity index (χ0) is 15.0. The molecule has 0 spiro atoms. The summed E-state index contributed by atoms with van der Waals surface area (Å²) in [5, 5.41) is 0. The van der Waals surface area contributed by atoms with Crippen molar-refractivity contribution >= 4 is 11.9 Å². The third-order valence-corrected chi connectivity index (χ3v) is 3.14. The maximum Gasteiger partial charge on any atom is 0.323 e. The molecule has 1 rings (SSSR count). The Morgan fingerprint density at radius 2 is 1.70 bits per heavy atom. The largest absolute Gasteiger partial charge is 0.465 e. The van der Waals surface area contributed by atoms with Crippen LogP contribution >= 0.6 is 0 Å². The third-order valence-electron chi connectivity index (χ3n) is 3.14. The monoisotopic (exact) mass is 279 g/mol. The van der Waals surface area contributed by atoms with E-state index in [0.29, 0.717) is 12.1 Å². The van der Waals surface area contributed by atoms with Crippen molar-refractivity contribution in [1.29, 1.82) is 0 Å². The zero-order valence-electron chi connectivity index (χ0n) is 12.2. The van der Waals surface area contributed by atoms with Crippen LogP contribution in [0, 0.1) is 5.41 Å². The molecular formula is C15H21NO4. The molecule has 0 fully saturated rings. The van der Waals surface area contributed by atoms with E-state index in [2.05, 4.69) is 4.98 Å². The summed E-state index contributed by atoms with van der Waals surface area (Å²) in [5.41, 5.74) is -0.657. The Morgan fingerprint density at radius 3 is 2.10 bits per heavy atom. The van der Waals surface area contributed by atoms with Gasteiger partial charge in [-0.15, -0.1) is 0 Å². The van der Waals surface area contributed by atoms with Gasteiger partial charge in [0.25, 0.3) is 0 Å². The maximum atomic E-state index is 12.3. The van der Waals surface area contributed by atoms with Gasteiger partial charge in [0.15, 0.2) is 5.41 Å².